The Kier molecular flexibility index (Phi) is 4.22. The van der Waals surface area contributed by atoms with Gasteiger partial charge < -0.3 is 10.4 Å². The molecule has 1 atom stereocenters. The van der Waals surface area contributed by atoms with E-state index in [0.29, 0.717) is 0 Å². The number of nitrogens with zero attached hydrogens (tertiary/aromatic N) is 1. The highest BCUT2D eigenvalue weighted by atomic mass is 32.1. The van der Waals surface area contributed by atoms with Crippen molar-refractivity contribution in [2.24, 2.45) is 0 Å². The topological polar surface area (TPSA) is 62.2 Å². The highest BCUT2D eigenvalue weighted by Gasteiger charge is 2.20. The van der Waals surface area contributed by atoms with E-state index < -0.39 is 23.2 Å². The molecule has 21 heavy (non-hydrogen) atoms. The maximum Gasteiger partial charge on any atom is 0.338 e. The highest BCUT2D eigenvalue weighted by Crippen LogP contribution is 2.29. The van der Waals surface area contributed by atoms with Crippen LogP contribution in [0.3, 0.4) is 0 Å². The van der Waals surface area contributed by atoms with Crippen LogP contribution in [0.5, 0.6) is 0 Å². The lowest BCUT2D eigenvalue weighted by Gasteiger charge is -2.15. The average molecular weight is 312 g/mol. The van der Waals surface area contributed by atoms with Crippen LogP contribution in [0.4, 0.5) is 14.5 Å². The van der Waals surface area contributed by atoms with E-state index >= 15 is 0 Å². The normalized spacial score (nSPS) is 12.2. The third-order valence-corrected chi connectivity index (χ3v) is 4.27. The number of benzene rings is 1. The smallest absolute Gasteiger partial charge is 0.338 e. The quantitative estimate of drug-likeness (QED) is 0.898. The van der Waals surface area contributed by atoms with Crippen LogP contribution in [0.25, 0.3) is 0 Å². The molecule has 4 nitrogen and oxygen atoms in total. The van der Waals surface area contributed by atoms with Crippen LogP contribution in [-0.2, 0) is 0 Å². The first-order chi connectivity index (χ1) is 9.81. The molecule has 0 radical (unpaired) electrons. The van der Waals surface area contributed by atoms with Crippen LogP contribution in [-0.4, -0.2) is 16.1 Å². The van der Waals surface area contributed by atoms with Crippen LogP contribution in [0.1, 0.15) is 38.9 Å². The number of aromatic nitrogens is 1. The second kappa shape index (κ2) is 5.77. The molecule has 0 spiro atoms. The first-order valence-corrected chi connectivity index (χ1v) is 7.04. The minimum absolute atomic E-state index is 0.0737. The zero-order chi connectivity index (χ0) is 15.7. The number of rotatable bonds is 4. The van der Waals surface area contributed by atoms with Crippen molar-refractivity contribution < 1.29 is 18.7 Å². The molecule has 0 fully saturated rings. The van der Waals surface area contributed by atoms with Crippen molar-refractivity contribution in [2.45, 2.75) is 26.8 Å². The Morgan fingerprint density at radius 2 is 2.00 bits per heavy atom. The van der Waals surface area contributed by atoms with Crippen molar-refractivity contribution in [3.63, 3.8) is 0 Å². The molecule has 0 aliphatic rings. The molecule has 0 saturated heterocycles. The molecule has 2 N–H and O–H groups in total. The molecule has 0 amide bonds. The third-order valence-electron chi connectivity index (χ3n) is 3.02. The van der Waals surface area contributed by atoms with Gasteiger partial charge in [-0.15, -0.1) is 11.3 Å². The van der Waals surface area contributed by atoms with Gasteiger partial charge in [0.15, 0.2) is 11.6 Å². The van der Waals surface area contributed by atoms with Gasteiger partial charge in [0.2, 0.25) is 0 Å². The maximum absolute atomic E-state index is 13.9. The minimum atomic E-state index is -1.50. The van der Waals surface area contributed by atoms with Crippen molar-refractivity contribution in [1.29, 1.82) is 0 Å². The van der Waals surface area contributed by atoms with Gasteiger partial charge in [0, 0.05) is 4.88 Å². The third kappa shape index (κ3) is 3.02. The average Bonchev–Trinajstić information content (AvgIpc) is 2.74. The van der Waals surface area contributed by atoms with Crippen LogP contribution in [0, 0.1) is 25.5 Å². The summed E-state index contributed by atoms with van der Waals surface area (Å²) in [5, 5.41) is 12.5. The van der Waals surface area contributed by atoms with Gasteiger partial charge in [-0.05, 0) is 32.9 Å². The monoisotopic (exact) mass is 312 g/mol. The van der Waals surface area contributed by atoms with E-state index in [1.54, 1.807) is 0 Å². The van der Waals surface area contributed by atoms with Crippen LogP contribution in [0.2, 0.25) is 0 Å². The zero-order valence-electron chi connectivity index (χ0n) is 11.7. The summed E-state index contributed by atoms with van der Waals surface area (Å²) in [6, 6.07) is 2.00. The molecule has 2 rings (SSSR count). The Morgan fingerprint density at radius 1 is 1.33 bits per heavy atom. The molecule has 2 aromatic rings. The Balaban J connectivity index is 2.30. The SMILES string of the molecule is Cc1nc(C)c(C(C)Nc2ccc(C(=O)O)c(F)c2F)s1. The molecule has 7 heteroatoms. The number of carboxylic acids is 1. The van der Waals surface area contributed by atoms with Crippen molar-refractivity contribution in [2.75, 3.05) is 5.32 Å². The first-order valence-electron chi connectivity index (χ1n) is 6.23. The van der Waals surface area contributed by atoms with E-state index in [2.05, 4.69) is 10.3 Å². The summed E-state index contributed by atoms with van der Waals surface area (Å²) in [5.74, 6) is -4.06. The molecule has 1 aromatic carbocycles. The van der Waals surface area contributed by atoms with Crippen LogP contribution in [0.15, 0.2) is 12.1 Å². The number of carbonyl (C=O) groups is 1. The van der Waals surface area contributed by atoms with Gasteiger partial charge in [-0.25, -0.2) is 18.6 Å². The van der Waals surface area contributed by atoms with Gasteiger partial charge in [0.25, 0.3) is 0 Å². The molecule has 0 aliphatic heterocycles. The van der Waals surface area contributed by atoms with Gasteiger partial charge in [-0.2, -0.15) is 0 Å². The summed E-state index contributed by atoms with van der Waals surface area (Å²) < 4.78 is 27.5. The number of aromatic carboxylic acids is 1. The summed E-state index contributed by atoms with van der Waals surface area (Å²) in [6.45, 7) is 5.53. The van der Waals surface area contributed by atoms with E-state index in [-0.39, 0.29) is 11.7 Å². The fourth-order valence-corrected chi connectivity index (χ4v) is 3.00. The lowest BCUT2D eigenvalue weighted by atomic mass is 10.1. The molecule has 1 aromatic heterocycles. The number of aryl methyl sites for hydroxylation is 2. The number of hydrogen-bond acceptors (Lipinski definition) is 4. The van der Waals surface area contributed by atoms with Crippen LogP contribution < -0.4 is 5.32 Å². The molecular formula is C14H14F2N2O2S. The second-order valence-corrected chi connectivity index (χ2v) is 5.88. The van der Waals surface area contributed by atoms with Gasteiger partial charge in [0.1, 0.15) is 0 Å². The molecule has 0 saturated carbocycles. The van der Waals surface area contributed by atoms with E-state index in [1.165, 1.54) is 17.4 Å². The molecule has 0 aliphatic carbocycles. The number of thiazole rings is 1. The molecule has 112 valence electrons. The van der Waals surface area contributed by atoms with Gasteiger partial charge in [-0.3, -0.25) is 0 Å². The Morgan fingerprint density at radius 3 is 2.52 bits per heavy atom. The number of anilines is 1. The van der Waals surface area contributed by atoms with E-state index in [1.807, 2.05) is 20.8 Å². The van der Waals surface area contributed by atoms with Crippen LogP contribution >= 0.6 is 11.3 Å². The number of hydrogen-bond donors (Lipinski definition) is 2. The zero-order valence-corrected chi connectivity index (χ0v) is 12.5. The van der Waals surface area contributed by atoms with Crippen molar-refractivity contribution >= 4 is 23.0 Å². The summed E-state index contributed by atoms with van der Waals surface area (Å²) in [7, 11) is 0. The summed E-state index contributed by atoms with van der Waals surface area (Å²) in [4.78, 5) is 16.0. The second-order valence-electron chi connectivity index (χ2n) is 4.64. The lowest BCUT2D eigenvalue weighted by Crippen LogP contribution is -2.10. The van der Waals surface area contributed by atoms with Crippen molar-refractivity contribution in [1.82, 2.24) is 4.98 Å². The fraction of sp³-hybridized carbons (Fsp3) is 0.286. The Bertz CT molecular complexity index is 701. The molecule has 1 unspecified atom stereocenters. The Labute approximate surface area is 124 Å². The minimum Gasteiger partial charge on any atom is -0.478 e. The predicted molar refractivity (Wildman–Crippen MR) is 76.9 cm³/mol. The van der Waals surface area contributed by atoms with E-state index in [9.17, 15) is 13.6 Å². The fourth-order valence-electron chi connectivity index (χ4n) is 2.07. The summed E-state index contributed by atoms with van der Waals surface area (Å²) in [6.07, 6.45) is 0. The number of carboxylic acid groups (broad SMARTS) is 1. The molecule has 1 heterocycles. The van der Waals surface area contributed by atoms with E-state index in [4.69, 9.17) is 5.11 Å². The summed E-state index contributed by atoms with van der Waals surface area (Å²) >= 11 is 1.48. The van der Waals surface area contributed by atoms with Gasteiger partial charge in [0.05, 0.1) is 28.0 Å². The lowest BCUT2D eigenvalue weighted by molar-refractivity contribution is 0.0690. The molecule has 0 bridgehead atoms. The number of nitrogens with one attached hydrogen (secondary N) is 1. The van der Waals surface area contributed by atoms with Crippen molar-refractivity contribution in [3.05, 3.63) is 44.9 Å². The Hall–Kier alpha value is -2.02. The van der Waals surface area contributed by atoms with Crippen molar-refractivity contribution in [3.8, 4) is 0 Å². The largest absolute Gasteiger partial charge is 0.478 e. The van der Waals surface area contributed by atoms with E-state index in [0.717, 1.165) is 21.6 Å². The standard InChI is InChI=1S/C14H14F2N2O2S/c1-6-13(21-8(3)17-6)7(2)18-10-5-4-9(14(19)20)11(15)12(10)16/h4-5,7,18H,1-3H3,(H,19,20). The highest BCUT2D eigenvalue weighted by molar-refractivity contribution is 7.11. The van der Waals surface area contributed by atoms with Gasteiger partial charge in [-0.1, -0.05) is 0 Å². The number of halogens is 2. The maximum atomic E-state index is 13.9. The molecular weight excluding hydrogens is 298 g/mol. The summed E-state index contributed by atoms with van der Waals surface area (Å²) in [5.41, 5.74) is 0.0755. The first kappa shape index (κ1) is 15.4. The van der Waals surface area contributed by atoms with Gasteiger partial charge >= 0.3 is 5.97 Å². The predicted octanol–water partition coefficient (Wildman–Crippen LogP) is 3.91.